The third-order valence-electron chi connectivity index (χ3n) is 4.55. The Balaban J connectivity index is 1.67. The number of hydrogen-bond acceptors (Lipinski definition) is 6. The van der Waals surface area contributed by atoms with Gasteiger partial charge in [-0.3, -0.25) is 9.29 Å². The number of nitrogens with zero attached hydrogens (tertiary/aromatic N) is 3. The van der Waals surface area contributed by atoms with Gasteiger partial charge in [-0.15, -0.1) is 21.5 Å². The summed E-state index contributed by atoms with van der Waals surface area (Å²) in [5.74, 6) is 0.552. The molecular weight excluding hydrogens is 439 g/mol. The Morgan fingerprint density at radius 2 is 1.84 bits per heavy atom. The molecule has 0 atom stereocenters. The third kappa shape index (κ3) is 4.75. The maximum absolute atomic E-state index is 13.1. The van der Waals surface area contributed by atoms with Gasteiger partial charge in [-0.1, -0.05) is 30.3 Å². The Hall–Kier alpha value is -3.24. The highest BCUT2D eigenvalue weighted by molar-refractivity contribution is 7.92. The number of aromatic nitrogens is 3. The summed E-state index contributed by atoms with van der Waals surface area (Å²) in [7, 11) is -2.21. The van der Waals surface area contributed by atoms with E-state index in [0.717, 1.165) is 10.4 Å². The van der Waals surface area contributed by atoms with Crippen LogP contribution in [0.3, 0.4) is 0 Å². The molecule has 0 bridgehead atoms. The van der Waals surface area contributed by atoms with Gasteiger partial charge in [0, 0.05) is 0 Å². The van der Waals surface area contributed by atoms with Crippen LogP contribution in [0.25, 0.3) is 16.4 Å². The molecule has 0 aliphatic rings. The Morgan fingerprint density at radius 3 is 2.55 bits per heavy atom. The van der Waals surface area contributed by atoms with Crippen LogP contribution in [0.15, 0.2) is 66.0 Å². The summed E-state index contributed by atoms with van der Waals surface area (Å²) in [6, 6.07) is 16.7. The minimum absolute atomic E-state index is 0.0620. The molecule has 31 heavy (non-hydrogen) atoms. The van der Waals surface area contributed by atoms with Crippen LogP contribution in [-0.4, -0.2) is 36.0 Å². The summed E-state index contributed by atoms with van der Waals surface area (Å²) in [4.78, 5) is 0.829. The van der Waals surface area contributed by atoms with Crippen molar-refractivity contribution >= 4 is 27.3 Å². The molecule has 7 nitrogen and oxygen atoms in total. The third-order valence-corrected chi connectivity index (χ3v) is 6.65. The molecule has 0 saturated heterocycles. The molecule has 0 radical (unpaired) electrons. The van der Waals surface area contributed by atoms with Crippen LogP contribution in [0.2, 0.25) is 0 Å². The molecule has 1 N–H and O–H groups in total. The van der Waals surface area contributed by atoms with E-state index in [1.165, 1.54) is 23.5 Å². The number of methoxy groups -OCH3 is 1. The monoisotopic (exact) mass is 458 g/mol. The first-order valence-corrected chi connectivity index (χ1v) is 11.9. The standard InChI is InChI=1S/C21H19FN4O3S2/c1-29-18-6-3-2-5-17(18)26-20(19-7-4-13-30-19)23-24-21(26)25-31(27,28)14-12-15-8-10-16(22)11-9-15/h2-11,13H,12,14H2,1H3,(H,24,25). The summed E-state index contributed by atoms with van der Waals surface area (Å²) < 4.78 is 48.3. The summed E-state index contributed by atoms with van der Waals surface area (Å²) in [6.07, 6.45) is 0.232. The van der Waals surface area contributed by atoms with Crippen molar-refractivity contribution < 1.29 is 17.5 Å². The van der Waals surface area contributed by atoms with Gasteiger partial charge in [-0.05, 0) is 47.7 Å². The van der Waals surface area contributed by atoms with E-state index in [2.05, 4.69) is 14.9 Å². The molecule has 4 rings (SSSR count). The van der Waals surface area contributed by atoms with Gasteiger partial charge < -0.3 is 4.74 Å². The first-order chi connectivity index (χ1) is 15.0. The molecule has 4 aromatic rings. The Kier molecular flexibility index (Phi) is 6.01. The molecule has 160 valence electrons. The molecule has 2 aromatic heterocycles. The number of sulfonamides is 1. The van der Waals surface area contributed by atoms with Crippen LogP contribution < -0.4 is 9.46 Å². The van der Waals surface area contributed by atoms with Crippen LogP contribution in [0, 0.1) is 5.82 Å². The number of halogens is 1. The van der Waals surface area contributed by atoms with Gasteiger partial charge in [0.25, 0.3) is 0 Å². The van der Waals surface area contributed by atoms with Gasteiger partial charge in [0.05, 0.1) is 23.4 Å². The summed E-state index contributed by atoms with van der Waals surface area (Å²) in [6.45, 7) is 0. The topological polar surface area (TPSA) is 86.1 Å². The molecular formula is C21H19FN4O3S2. The molecule has 2 aromatic carbocycles. The number of benzene rings is 2. The second-order valence-electron chi connectivity index (χ2n) is 6.63. The van der Waals surface area contributed by atoms with Crippen molar-refractivity contribution in [1.82, 2.24) is 14.8 Å². The number of nitrogens with one attached hydrogen (secondary N) is 1. The highest BCUT2D eigenvalue weighted by atomic mass is 32.2. The predicted molar refractivity (Wildman–Crippen MR) is 119 cm³/mol. The lowest BCUT2D eigenvalue weighted by atomic mass is 10.2. The molecule has 0 fully saturated rings. The van der Waals surface area contributed by atoms with Crippen LogP contribution in [-0.2, 0) is 16.4 Å². The summed E-state index contributed by atoms with van der Waals surface area (Å²) in [5, 5.41) is 10.2. The van der Waals surface area contributed by atoms with Crippen molar-refractivity contribution in [3.63, 3.8) is 0 Å². The van der Waals surface area contributed by atoms with E-state index in [9.17, 15) is 12.8 Å². The fourth-order valence-electron chi connectivity index (χ4n) is 3.05. The molecule has 0 amide bonds. The lowest BCUT2D eigenvalue weighted by molar-refractivity contribution is 0.413. The van der Waals surface area contributed by atoms with E-state index in [-0.39, 0.29) is 23.9 Å². The van der Waals surface area contributed by atoms with Crippen molar-refractivity contribution in [3.8, 4) is 22.1 Å². The van der Waals surface area contributed by atoms with Crippen molar-refractivity contribution in [2.45, 2.75) is 6.42 Å². The van der Waals surface area contributed by atoms with Crippen LogP contribution in [0.4, 0.5) is 10.3 Å². The van der Waals surface area contributed by atoms with Crippen molar-refractivity contribution in [1.29, 1.82) is 0 Å². The highest BCUT2D eigenvalue weighted by Crippen LogP contribution is 2.32. The normalized spacial score (nSPS) is 11.4. The zero-order chi connectivity index (χ0) is 21.8. The molecule has 0 aliphatic carbocycles. The quantitative estimate of drug-likeness (QED) is 0.429. The first kappa shape index (κ1) is 21.0. The molecule has 0 spiro atoms. The molecule has 2 heterocycles. The SMILES string of the molecule is COc1ccccc1-n1c(NS(=O)(=O)CCc2ccc(F)cc2)nnc1-c1cccs1. The zero-order valence-electron chi connectivity index (χ0n) is 16.5. The Labute approximate surface area is 183 Å². The largest absolute Gasteiger partial charge is 0.495 e. The van der Waals surface area contributed by atoms with Gasteiger partial charge in [0.15, 0.2) is 5.82 Å². The van der Waals surface area contributed by atoms with E-state index in [0.29, 0.717) is 17.3 Å². The average Bonchev–Trinajstić information content (AvgIpc) is 3.43. The fourth-order valence-corrected chi connectivity index (χ4v) is 4.77. The predicted octanol–water partition coefficient (Wildman–Crippen LogP) is 4.13. The molecule has 0 saturated carbocycles. The van der Waals surface area contributed by atoms with Gasteiger partial charge in [0.1, 0.15) is 11.6 Å². The zero-order valence-corrected chi connectivity index (χ0v) is 18.2. The summed E-state index contributed by atoms with van der Waals surface area (Å²) in [5.41, 5.74) is 1.33. The highest BCUT2D eigenvalue weighted by Gasteiger charge is 2.22. The first-order valence-electron chi connectivity index (χ1n) is 9.34. The van der Waals surface area contributed by atoms with E-state index in [4.69, 9.17) is 4.74 Å². The number of aryl methyl sites for hydroxylation is 1. The van der Waals surface area contributed by atoms with Gasteiger partial charge in [-0.25, -0.2) is 12.8 Å². The number of anilines is 1. The smallest absolute Gasteiger partial charge is 0.243 e. The molecule has 0 unspecified atom stereocenters. The number of ether oxygens (including phenoxy) is 1. The maximum Gasteiger partial charge on any atom is 0.243 e. The minimum atomic E-state index is -3.75. The van der Waals surface area contributed by atoms with Crippen molar-refractivity contribution in [2.75, 3.05) is 17.6 Å². The number of hydrogen-bond donors (Lipinski definition) is 1. The van der Waals surface area contributed by atoms with E-state index < -0.39 is 10.0 Å². The number of para-hydroxylation sites is 2. The van der Waals surface area contributed by atoms with E-state index in [1.807, 2.05) is 29.6 Å². The van der Waals surface area contributed by atoms with E-state index >= 15 is 0 Å². The maximum atomic E-state index is 13.1. The van der Waals surface area contributed by atoms with Gasteiger partial charge in [0.2, 0.25) is 16.0 Å². The number of thiophene rings is 1. The van der Waals surface area contributed by atoms with Crippen LogP contribution in [0.5, 0.6) is 5.75 Å². The van der Waals surface area contributed by atoms with Crippen LogP contribution in [0.1, 0.15) is 5.56 Å². The summed E-state index contributed by atoms with van der Waals surface area (Å²) >= 11 is 1.47. The lowest BCUT2D eigenvalue weighted by Gasteiger charge is -2.14. The Bertz CT molecular complexity index is 1270. The molecule has 0 aliphatic heterocycles. The van der Waals surface area contributed by atoms with Gasteiger partial charge >= 0.3 is 0 Å². The van der Waals surface area contributed by atoms with Crippen LogP contribution >= 0.6 is 11.3 Å². The number of rotatable bonds is 8. The van der Waals surface area contributed by atoms with E-state index in [1.54, 1.807) is 35.9 Å². The second-order valence-corrected chi connectivity index (χ2v) is 9.42. The fraction of sp³-hybridized carbons (Fsp3) is 0.143. The molecule has 10 heteroatoms. The van der Waals surface area contributed by atoms with Crippen molar-refractivity contribution in [3.05, 3.63) is 77.4 Å². The lowest BCUT2D eigenvalue weighted by Crippen LogP contribution is -2.21. The second kappa shape index (κ2) is 8.86. The minimum Gasteiger partial charge on any atom is -0.495 e. The Morgan fingerprint density at radius 1 is 1.06 bits per heavy atom. The van der Waals surface area contributed by atoms with Gasteiger partial charge in [-0.2, -0.15) is 0 Å². The average molecular weight is 459 g/mol. The van der Waals surface area contributed by atoms with Crippen molar-refractivity contribution in [2.24, 2.45) is 0 Å².